The molecule has 2 saturated heterocycles. The fourth-order valence-electron chi connectivity index (χ4n) is 4.59. The zero-order valence-electron chi connectivity index (χ0n) is 19.2. The van der Waals surface area contributed by atoms with Gasteiger partial charge in [-0.3, -0.25) is 14.5 Å². The smallest absolute Gasteiger partial charge is 0.254 e. The van der Waals surface area contributed by atoms with E-state index in [4.69, 9.17) is 16.3 Å². The van der Waals surface area contributed by atoms with Gasteiger partial charge in [-0.2, -0.15) is 0 Å². The van der Waals surface area contributed by atoms with E-state index < -0.39 is 0 Å². The molecule has 176 valence electrons. The molecule has 0 spiro atoms. The number of rotatable bonds is 6. The highest BCUT2D eigenvalue weighted by molar-refractivity contribution is 6.30. The summed E-state index contributed by atoms with van der Waals surface area (Å²) < 4.78 is 5.79. The molecule has 2 fully saturated rings. The first-order chi connectivity index (χ1) is 16.0. The summed E-state index contributed by atoms with van der Waals surface area (Å²) in [6, 6.07) is 15.1. The molecule has 2 aromatic rings. The third kappa shape index (κ3) is 6.06. The van der Waals surface area contributed by atoms with E-state index in [0.717, 1.165) is 62.4 Å². The maximum atomic E-state index is 13.1. The van der Waals surface area contributed by atoms with Crippen LogP contribution in [-0.4, -0.2) is 78.9 Å². The van der Waals surface area contributed by atoms with Gasteiger partial charge < -0.3 is 14.5 Å². The number of ether oxygens (including phenoxy) is 1. The molecule has 2 heterocycles. The molecule has 4 rings (SSSR count). The normalized spacial score (nSPS) is 17.8. The Labute approximate surface area is 201 Å². The lowest BCUT2D eigenvalue weighted by Crippen LogP contribution is -2.52. The molecule has 2 aromatic carbocycles. The summed E-state index contributed by atoms with van der Waals surface area (Å²) in [4.78, 5) is 32.1. The number of likely N-dealkylation sites (tertiary alicyclic amines) is 1. The van der Waals surface area contributed by atoms with Crippen LogP contribution >= 0.6 is 11.6 Å². The Hall–Kier alpha value is -2.57. The van der Waals surface area contributed by atoms with Crippen molar-refractivity contribution in [3.8, 4) is 5.75 Å². The van der Waals surface area contributed by atoms with Gasteiger partial charge in [0.1, 0.15) is 12.4 Å². The molecule has 0 unspecified atom stereocenters. The van der Waals surface area contributed by atoms with Gasteiger partial charge in [-0.15, -0.1) is 0 Å². The lowest BCUT2D eigenvalue weighted by molar-refractivity contribution is -0.138. The van der Waals surface area contributed by atoms with Gasteiger partial charge in [-0.25, -0.2) is 0 Å². The van der Waals surface area contributed by atoms with Crippen LogP contribution in [0.3, 0.4) is 0 Å². The van der Waals surface area contributed by atoms with Crippen molar-refractivity contribution < 1.29 is 14.3 Å². The minimum atomic E-state index is 0.0192. The highest BCUT2D eigenvalue weighted by Gasteiger charge is 2.32. The largest absolute Gasteiger partial charge is 0.492 e. The Bertz CT molecular complexity index is 950. The van der Waals surface area contributed by atoms with Crippen molar-refractivity contribution >= 4 is 23.4 Å². The average Bonchev–Trinajstić information content (AvgIpc) is 2.85. The molecule has 7 heteroatoms. The van der Waals surface area contributed by atoms with Gasteiger partial charge in [0.05, 0.1) is 0 Å². The van der Waals surface area contributed by atoms with E-state index in [1.54, 1.807) is 0 Å². The fraction of sp³-hybridized carbons (Fsp3) is 0.462. The maximum absolute atomic E-state index is 13.1. The van der Waals surface area contributed by atoms with Crippen molar-refractivity contribution in [3.05, 3.63) is 64.7 Å². The number of hydrogen-bond acceptors (Lipinski definition) is 4. The molecule has 2 amide bonds. The van der Waals surface area contributed by atoms with Gasteiger partial charge in [0, 0.05) is 62.3 Å². The Morgan fingerprint density at radius 2 is 1.58 bits per heavy atom. The first-order valence-electron chi connectivity index (χ1n) is 11.8. The number of piperidine rings is 1. The molecule has 0 aromatic heterocycles. The summed E-state index contributed by atoms with van der Waals surface area (Å²) in [6.45, 7) is 7.93. The van der Waals surface area contributed by atoms with Gasteiger partial charge in [0.2, 0.25) is 5.91 Å². The zero-order valence-corrected chi connectivity index (χ0v) is 20.0. The molecular formula is C26H32ClN3O3. The number of piperazine rings is 1. The van der Waals surface area contributed by atoms with E-state index in [0.29, 0.717) is 24.7 Å². The molecule has 0 radical (unpaired) electrons. The van der Waals surface area contributed by atoms with Gasteiger partial charge >= 0.3 is 0 Å². The second-order valence-corrected chi connectivity index (χ2v) is 9.29. The van der Waals surface area contributed by atoms with Crippen molar-refractivity contribution in [3.63, 3.8) is 0 Å². The first kappa shape index (κ1) is 23.6. The molecule has 0 atom stereocenters. The number of aryl methyl sites for hydroxylation is 1. The number of amides is 2. The van der Waals surface area contributed by atoms with Crippen LogP contribution in [0.2, 0.25) is 5.02 Å². The second-order valence-electron chi connectivity index (χ2n) is 8.85. The quantitative estimate of drug-likeness (QED) is 0.647. The fourth-order valence-corrected chi connectivity index (χ4v) is 4.71. The Morgan fingerprint density at radius 3 is 2.24 bits per heavy atom. The van der Waals surface area contributed by atoms with Crippen molar-refractivity contribution in [1.29, 1.82) is 0 Å². The van der Waals surface area contributed by atoms with Crippen LogP contribution < -0.4 is 4.74 Å². The van der Waals surface area contributed by atoms with Crippen LogP contribution in [0.4, 0.5) is 0 Å². The van der Waals surface area contributed by atoms with E-state index in [1.165, 1.54) is 0 Å². The van der Waals surface area contributed by atoms with E-state index in [9.17, 15) is 9.59 Å². The number of carbonyl (C=O) groups excluding carboxylic acids is 2. The summed E-state index contributed by atoms with van der Waals surface area (Å²) in [5.74, 6) is 1.16. The summed E-state index contributed by atoms with van der Waals surface area (Å²) in [5.41, 5.74) is 1.76. The van der Waals surface area contributed by atoms with Crippen LogP contribution in [0.25, 0.3) is 0 Å². The highest BCUT2D eigenvalue weighted by atomic mass is 35.5. The van der Waals surface area contributed by atoms with Crippen LogP contribution in [0.5, 0.6) is 5.75 Å². The lowest BCUT2D eigenvalue weighted by atomic mass is 9.94. The Balaban J connectivity index is 1.17. The predicted molar refractivity (Wildman–Crippen MR) is 130 cm³/mol. The lowest BCUT2D eigenvalue weighted by Gasteiger charge is -2.38. The predicted octanol–water partition coefficient (Wildman–Crippen LogP) is 3.72. The van der Waals surface area contributed by atoms with Gasteiger partial charge in [-0.1, -0.05) is 29.8 Å². The van der Waals surface area contributed by atoms with Gasteiger partial charge in [0.15, 0.2) is 0 Å². The molecule has 6 nitrogen and oxygen atoms in total. The van der Waals surface area contributed by atoms with Gasteiger partial charge in [-0.05, 0) is 55.7 Å². The molecule has 0 aliphatic carbocycles. The molecule has 33 heavy (non-hydrogen) atoms. The zero-order chi connectivity index (χ0) is 23.2. The van der Waals surface area contributed by atoms with Crippen molar-refractivity contribution in [2.24, 2.45) is 5.92 Å². The minimum absolute atomic E-state index is 0.0192. The molecular weight excluding hydrogens is 438 g/mol. The third-order valence-corrected chi connectivity index (χ3v) is 6.93. The van der Waals surface area contributed by atoms with Crippen molar-refractivity contribution in [1.82, 2.24) is 14.7 Å². The van der Waals surface area contributed by atoms with Crippen molar-refractivity contribution in [2.75, 3.05) is 52.4 Å². The van der Waals surface area contributed by atoms with E-state index in [1.807, 2.05) is 65.3 Å². The molecule has 2 aliphatic heterocycles. The second kappa shape index (κ2) is 11.0. The Morgan fingerprint density at radius 1 is 0.909 bits per heavy atom. The van der Waals surface area contributed by atoms with Crippen LogP contribution in [0.1, 0.15) is 28.8 Å². The molecule has 0 saturated carbocycles. The minimum Gasteiger partial charge on any atom is -0.492 e. The molecule has 2 aliphatic rings. The van der Waals surface area contributed by atoms with E-state index in [2.05, 4.69) is 4.90 Å². The monoisotopic (exact) mass is 469 g/mol. The average molecular weight is 470 g/mol. The highest BCUT2D eigenvalue weighted by Crippen LogP contribution is 2.23. The maximum Gasteiger partial charge on any atom is 0.254 e. The van der Waals surface area contributed by atoms with Crippen LogP contribution in [-0.2, 0) is 4.79 Å². The summed E-state index contributed by atoms with van der Waals surface area (Å²) in [6.07, 6.45) is 1.48. The number of benzene rings is 2. The number of carbonyl (C=O) groups is 2. The summed E-state index contributed by atoms with van der Waals surface area (Å²) in [5, 5.41) is 0.701. The standard InChI is InChI=1S/C26H32ClN3O3/c1-20-4-2-3-5-24(20)26(32)29-12-10-21(11-13-29)25(31)30-16-14-28(15-17-30)18-19-33-23-8-6-22(27)7-9-23/h2-9,21H,10-19H2,1H3. The molecule has 0 N–H and O–H groups in total. The molecule has 0 bridgehead atoms. The first-order valence-corrected chi connectivity index (χ1v) is 12.1. The van der Waals surface area contributed by atoms with Gasteiger partial charge in [0.25, 0.3) is 5.91 Å². The Kier molecular flexibility index (Phi) is 7.89. The SMILES string of the molecule is Cc1ccccc1C(=O)N1CCC(C(=O)N2CCN(CCOc3ccc(Cl)cc3)CC2)CC1. The number of nitrogens with zero attached hydrogens (tertiary/aromatic N) is 3. The van der Waals surface area contributed by atoms with E-state index in [-0.39, 0.29) is 17.7 Å². The number of halogens is 1. The number of hydrogen-bond donors (Lipinski definition) is 0. The third-order valence-electron chi connectivity index (χ3n) is 6.68. The topological polar surface area (TPSA) is 53.1 Å². The van der Waals surface area contributed by atoms with E-state index >= 15 is 0 Å². The summed E-state index contributed by atoms with van der Waals surface area (Å²) >= 11 is 5.90. The van der Waals surface area contributed by atoms with Crippen molar-refractivity contribution in [2.45, 2.75) is 19.8 Å². The van der Waals surface area contributed by atoms with Crippen LogP contribution in [0.15, 0.2) is 48.5 Å². The van der Waals surface area contributed by atoms with Crippen LogP contribution in [0, 0.1) is 12.8 Å². The summed E-state index contributed by atoms with van der Waals surface area (Å²) in [7, 11) is 0.